The molecule has 1 N–H and O–H groups in total. The highest BCUT2D eigenvalue weighted by molar-refractivity contribution is 5.94. The summed E-state index contributed by atoms with van der Waals surface area (Å²) in [6.45, 7) is 4.46. The van der Waals surface area contributed by atoms with Crippen LogP contribution in [0, 0.1) is 11.8 Å². The third kappa shape index (κ3) is 4.84. The third-order valence-electron chi connectivity index (χ3n) is 4.97. The standard InChI is InChI=1S/C19H28N2O/c22-19(18-8-2-1-3-9-18)20-14-17-7-5-13-21(15-17)12-4-6-16-10-11-16/h1-3,8-9,16-17H,4-7,10-15H2,(H,20,22). The summed E-state index contributed by atoms with van der Waals surface area (Å²) >= 11 is 0. The summed E-state index contributed by atoms with van der Waals surface area (Å²) in [5, 5.41) is 3.11. The van der Waals surface area contributed by atoms with Crippen LogP contribution in [0.25, 0.3) is 0 Å². The fourth-order valence-electron chi connectivity index (χ4n) is 3.46. The average Bonchev–Trinajstić information content (AvgIpc) is 3.38. The van der Waals surface area contributed by atoms with E-state index in [4.69, 9.17) is 0 Å². The van der Waals surface area contributed by atoms with Gasteiger partial charge in [-0.15, -0.1) is 0 Å². The number of hydrogen-bond donors (Lipinski definition) is 1. The lowest BCUT2D eigenvalue weighted by Crippen LogP contribution is -2.41. The Morgan fingerprint density at radius 1 is 1.14 bits per heavy atom. The number of piperidine rings is 1. The van der Waals surface area contributed by atoms with Crippen molar-refractivity contribution >= 4 is 5.91 Å². The van der Waals surface area contributed by atoms with Gasteiger partial charge in [0, 0.05) is 18.7 Å². The van der Waals surface area contributed by atoms with Gasteiger partial charge in [0.2, 0.25) is 0 Å². The SMILES string of the molecule is O=C(NCC1CCCN(CCCC2CC2)C1)c1ccccc1. The molecule has 1 aliphatic carbocycles. The molecule has 2 fully saturated rings. The van der Waals surface area contributed by atoms with Crippen molar-refractivity contribution in [2.45, 2.75) is 38.5 Å². The van der Waals surface area contributed by atoms with Crippen molar-refractivity contribution in [1.82, 2.24) is 10.2 Å². The van der Waals surface area contributed by atoms with Crippen LogP contribution in [-0.2, 0) is 0 Å². The Hall–Kier alpha value is -1.35. The van der Waals surface area contributed by atoms with E-state index in [2.05, 4.69) is 10.2 Å². The summed E-state index contributed by atoms with van der Waals surface area (Å²) in [5.74, 6) is 1.72. The number of nitrogens with one attached hydrogen (secondary N) is 1. The number of rotatable bonds is 7. The molecule has 3 rings (SSSR count). The van der Waals surface area contributed by atoms with Gasteiger partial charge in [0.05, 0.1) is 0 Å². The summed E-state index contributed by atoms with van der Waals surface area (Å²) in [6, 6.07) is 9.52. The lowest BCUT2D eigenvalue weighted by Gasteiger charge is -2.32. The fraction of sp³-hybridized carbons (Fsp3) is 0.632. The average molecular weight is 300 g/mol. The highest BCUT2D eigenvalue weighted by Crippen LogP contribution is 2.33. The highest BCUT2D eigenvalue weighted by atomic mass is 16.1. The van der Waals surface area contributed by atoms with Gasteiger partial charge in [0.1, 0.15) is 0 Å². The molecule has 0 aromatic heterocycles. The number of benzene rings is 1. The Balaban J connectivity index is 1.37. The zero-order valence-corrected chi connectivity index (χ0v) is 13.5. The number of nitrogens with zero attached hydrogens (tertiary/aromatic N) is 1. The Morgan fingerprint density at radius 3 is 2.73 bits per heavy atom. The first kappa shape index (κ1) is 15.5. The summed E-state index contributed by atoms with van der Waals surface area (Å²) in [6.07, 6.45) is 8.23. The van der Waals surface area contributed by atoms with Gasteiger partial charge in [-0.25, -0.2) is 0 Å². The fourth-order valence-corrected chi connectivity index (χ4v) is 3.46. The number of carbonyl (C=O) groups excluding carboxylic acids is 1. The van der Waals surface area contributed by atoms with Crippen LogP contribution in [0.4, 0.5) is 0 Å². The first-order valence-corrected chi connectivity index (χ1v) is 8.87. The smallest absolute Gasteiger partial charge is 0.251 e. The van der Waals surface area contributed by atoms with Gasteiger partial charge in [-0.3, -0.25) is 4.79 Å². The maximum atomic E-state index is 12.1. The molecule has 1 aromatic carbocycles. The third-order valence-corrected chi connectivity index (χ3v) is 4.97. The molecule has 1 atom stereocenters. The minimum Gasteiger partial charge on any atom is -0.352 e. The first-order chi connectivity index (χ1) is 10.8. The molecule has 0 bridgehead atoms. The molecule has 0 spiro atoms. The van der Waals surface area contributed by atoms with E-state index >= 15 is 0 Å². The van der Waals surface area contributed by atoms with Crippen LogP contribution in [0.15, 0.2) is 30.3 Å². The molecular formula is C19H28N2O. The Labute approximate surface area is 134 Å². The molecule has 0 radical (unpaired) electrons. The van der Waals surface area contributed by atoms with E-state index in [1.54, 1.807) is 0 Å². The second-order valence-electron chi connectivity index (χ2n) is 6.97. The summed E-state index contributed by atoms with van der Waals surface area (Å²) in [7, 11) is 0. The van der Waals surface area contributed by atoms with Gasteiger partial charge in [0.15, 0.2) is 0 Å². The van der Waals surface area contributed by atoms with E-state index in [1.165, 1.54) is 51.6 Å². The van der Waals surface area contributed by atoms with E-state index in [-0.39, 0.29) is 5.91 Å². The molecule has 22 heavy (non-hydrogen) atoms. The first-order valence-electron chi connectivity index (χ1n) is 8.87. The molecule has 3 heteroatoms. The van der Waals surface area contributed by atoms with Gasteiger partial charge in [0.25, 0.3) is 5.91 Å². The van der Waals surface area contributed by atoms with Crippen molar-refractivity contribution < 1.29 is 4.79 Å². The number of likely N-dealkylation sites (tertiary alicyclic amines) is 1. The topological polar surface area (TPSA) is 32.3 Å². The van der Waals surface area contributed by atoms with Crippen LogP contribution in [0.5, 0.6) is 0 Å². The number of hydrogen-bond acceptors (Lipinski definition) is 2. The van der Waals surface area contributed by atoms with Crippen LogP contribution < -0.4 is 5.32 Å². The summed E-state index contributed by atoms with van der Waals surface area (Å²) < 4.78 is 0. The van der Waals surface area contributed by atoms with Crippen LogP contribution in [0.2, 0.25) is 0 Å². The lowest BCUT2D eigenvalue weighted by atomic mass is 9.97. The molecular weight excluding hydrogens is 272 g/mol. The second kappa shape index (κ2) is 7.77. The van der Waals surface area contributed by atoms with E-state index in [0.717, 1.165) is 24.6 Å². The highest BCUT2D eigenvalue weighted by Gasteiger charge is 2.23. The van der Waals surface area contributed by atoms with E-state index in [9.17, 15) is 4.79 Å². The van der Waals surface area contributed by atoms with Gasteiger partial charge in [-0.05, 0) is 62.7 Å². The summed E-state index contributed by atoms with van der Waals surface area (Å²) in [5.41, 5.74) is 0.764. The lowest BCUT2D eigenvalue weighted by molar-refractivity contribution is 0.0932. The monoisotopic (exact) mass is 300 g/mol. The zero-order valence-electron chi connectivity index (χ0n) is 13.5. The van der Waals surface area contributed by atoms with Crippen molar-refractivity contribution in [2.75, 3.05) is 26.2 Å². The predicted molar refractivity (Wildman–Crippen MR) is 89.9 cm³/mol. The van der Waals surface area contributed by atoms with Crippen molar-refractivity contribution in [2.24, 2.45) is 11.8 Å². The normalized spacial score (nSPS) is 22.5. The molecule has 1 amide bonds. The quantitative estimate of drug-likeness (QED) is 0.838. The second-order valence-corrected chi connectivity index (χ2v) is 6.97. The minimum absolute atomic E-state index is 0.0615. The van der Waals surface area contributed by atoms with Crippen LogP contribution in [-0.4, -0.2) is 37.0 Å². The molecule has 1 aromatic rings. The van der Waals surface area contributed by atoms with E-state index in [0.29, 0.717) is 5.92 Å². The van der Waals surface area contributed by atoms with E-state index in [1.807, 2.05) is 30.3 Å². The molecule has 120 valence electrons. The van der Waals surface area contributed by atoms with Crippen molar-refractivity contribution in [1.29, 1.82) is 0 Å². The maximum Gasteiger partial charge on any atom is 0.251 e. The summed E-state index contributed by atoms with van der Waals surface area (Å²) in [4.78, 5) is 14.7. The minimum atomic E-state index is 0.0615. The molecule has 1 saturated heterocycles. The van der Waals surface area contributed by atoms with Gasteiger partial charge >= 0.3 is 0 Å². The molecule has 1 unspecified atom stereocenters. The van der Waals surface area contributed by atoms with Crippen LogP contribution in [0.1, 0.15) is 48.9 Å². The van der Waals surface area contributed by atoms with Gasteiger partial charge < -0.3 is 10.2 Å². The number of amides is 1. The molecule has 1 aliphatic heterocycles. The molecule has 1 saturated carbocycles. The number of carbonyl (C=O) groups is 1. The van der Waals surface area contributed by atoms with Crippen LogP contribution in [0.3, 0.4) is 0 Å². The molecule has 1 heterocycles. The van der Waals surface area contributed by atoms with Gasteiger partial charge in [-0.1, -0.05) is 31.0 Å². The van der Waals surface area contributed by atoms with E-state index < -0.39 is 0 Å². The maximum absolute atomic E-state index is 12.1. The Morgan fingerprint density at radius 2 is 1.95 bits per heavy atom. The zero-order chi connectivity index (χ0) is 15.2. The van der Waals surface area contributed by atoms with Crippen molar-refractivity contribution in [3.05, 3.63) is 35.9 Å². The molecule has 2 aliphatic rings. The predicted octanol–water partition coefficient (Wildman–Crippen LogP) is 3.32. The van der Waals surface area contributed by atoms with Crippen molar-refractivity contribution in [3.63, 3.8) is 0 Å². The molecule has 3 nitrogen and oxygen atoms in total. The van der Waals surface area contributed by atoms with Gasteiger partial charge in [-0.2, -0.15) is 0 Å². The Kier molecular flexibility index (Phi) is 5.49. The van der Waals surface area contributed by atoms with Crippen molar-refractivity contribution in [3.8, 4) is 0 Å². The van der Waals surface area contributed by atoms with Crippen LogP contribution >= 0.6 is 0 Å². The largest absolute Gasteiger partial charge is 0.352 e. The Bertz CT molecular complexity index is 470.